The summed E-state index contributed by atoms with van der Waals surface area (Å²) in [4.78, 5) is 13.1. The number of rotatable bonds is 7. The molecule has 1 aliphatic heterocycles. The van der Waals surface area contributed by atoms with Gasteiger partial charge in [-0.05, 0) is 29.5 Å². The normalized spacial score (nSPS) is 15.7. The second kappa shape index (κ2) is 8.11. The minimum Gasteiger partial charge on any atom is -0.458 e. The molecule has 0 radical (unpaired) electrons. The third kappa shape index (κ3) is 3.84. The van der Waals surface area contributed by atoms with Gasteiger partial charge >= 0.3 is 0 Å². The van der Waals surface area contributed by atoms with Crippen molar-refractivity contribution in [3.05, 3.63) is 78.1 Å². The summed E-state index contributed by atoms with van der Waals surface area (Å²) in [5, 5.41) is 1.39. The molecule has 4 heterocycles. The van der Waals surface area contributed by atoms with Crippen molar-refractivity contribution in [3.63, 3.8) is 0 Å². The Balaban J connectivity index is 1.34. The van der Waals surface area contributed by atoms with E-state index in [1.54, 1.807) is 6.26 Å². The first-order valence-corrected chi connectivity index (χ1v) is 10.4. The summed E-state index contributed by atoms with van der Waals surface area (Å²) in [6.07, 6.45) is 7.48. The van der Waals surface area contributed by atoms with Crippen LogP contribution in [0.5, 0.6) is 0 Å². The van der Waals surface area contributed by atoms with Crippen molar-refractivity contribution in [1.82, 2.24) is 24.1 Å². The fraction of sp³-hybridized carbons (Fsp3) is 0.190. The second-order valence-corrected chi connectivity index (χ2v) is 7.78. The number of fused-ring (bicyclic) bond motifs is 1. The first kappa shape index (κ1) is 18.6. The first-order chi connectivity index (χ1) is 14.8. The molecule has 0 amide bonds. The maximum Gasteiger partial charge on any atom is 0.245 e. The van der Waals surface area contributed by atoms with Crippen molar-refractivity contribution in [2.24, 2.45) is 0 Å². The Labute approximate surface area is 177 Å². The number of nitrogens with zero attached hydrogens (tertiary/aromatic N) is 5. The van der Waals surface area contributed by atoms with E-state index in [4.69, 9.17) is 15.2 Å². The molecule has 0 saturated carbocycles. The highest BCUT2D eigenvalue weighted by molar-refractivity contribution is 8.02. The highest BCUT2D eigenvalue weighted by atomic mass is 32.2. The van der Waals surface area contributed by atoms with Crippen LogP contribution in [-0.4, -0.2) is 30.4 Å². The number of aromatic nitrogens is 5. The summed E-state index contributed by atoms with van der Waals surface area (Å²) >= 11 is 1.40. The Morgan fingerprint density at radius 1 is 1.03 bits per heavy atom. The van der Waals surface area contributed by atoms with Crippen LogP contribution in [0.15, 0.2) is 77.7 Å². The quantitative estimate of drug-likeness (QED) is 0.490. The van der Waals surface area contributed by atoms with Gasteiger partial charge in [0, 0.05) is 31.9 Å². The fourth-order valence-electron chi connectivity index (χ4n) is 3.30. The molecule has 5 rings (SSSR count). The third-order valence-corrected chi connectivity index (χ3v) is 5.66. The minimum absolute atomic E-state index is 0.350. The van der Waals surface area contributed by atoms with Gasteiger partial charge in [0.15, 0.2) is 27.2 Å². The van der Waals surface area contributed by atoms with Gasteiger partial charge in [0.2, 0.25) is 6.29 Å². The van der Waals surface area contributed by atoms with Crippen LogP contribution in [0.3, 0.4) is 0 Å². The number of aryl methyl sites for hydroxylation is 2. The van der Waals surface area contributed by atoms with Crippen molar-refractivity contribution >= 4 is 28.7 Å². The molecule has 9 heteroatoms. The minimum atomic E-state index is -0.350. The van der Waals surface area contributed by atoms with Crippen molar-refractivity contribution in [3.8, 4) is 0 Å². The molecular formula is C21H20N6O2S. The van der Waals surface area contributed by atoms with Crippen molar-refractivity contribution < 1.29 is 9.47 Å². The molecule has 4 aromatic rings. The molecule has 1 aromatic carbocycles. The number of anilines is 1. The zero-order valence-corrected chi connectivity index (χ0v) is 16.9. The average molecular weight is 420 g/mol. The Morgan fingerprint density at radius 3 is 2.70 bits per heavy atom. The Morgan fingerprint density at radius 2 is 1.87 bits per heavy atom. The number of hydrogen-bond donors (Lipinski definition) is 1. The Hall–Kier alpha value is -3.46. The van der Waals surface area contributed by atoms with E-state index in [9.17, 15) is 0 Å². The van der Waals surface area contributed by atoms with Gasteiger partial charge in [-0.1, -0.05) is 30.3 Å². The highest BCUT2D eigenvalue weighted by Crippen LogP contribution is 2.34. The van der Waals surface area contributed by atoms with E-state index in [1.807, 2.05) is 47.3 Å². The number of hydrogen-bond acceptors (Lipinski definition) is 7. The molecule has 152 valence electrons. The lowest BCUT2D eigenvalue weighted by Crippen LogP contribution is -2.12. The zero-order valence-electron chi connectivity index (χ0n) is 16.1. The van der Waals surface area contributed by atoms with Gasteiger partial charge in [-0.25, -0.2) is 15.0 Å². The largest absolute Gasteiger partial charge is 0.458 e. The maximum absolute atomic E-state index is 6.03. The van der Waals surface area contributed by atoms with E-state index < -0.39 is 0 Å². The predicted molar refractivity (Wildman–Crippen MR) is 114 cm³/mol. The molecule has 8 nitrogen and oxygen atoms in total. The molecule has 0 aliphatic carbocycles. The Bertz CT molecular complexity index is 1170. The van der Waals surface area contributed by atoms with E-state index in [2.05, 4.69) is 31.7 Å². The molecular weight excluding hydrogens is 400 g/mol. The average Bonchev–Trinajstić information content (AvgIpc) is 3.49. The molecule has 0 bridgehead atoms. The third-order valence-electron chi connectivity index (χ3n) is 4.77. The van der Waals surface area contributed by atoms with Gasteiger partial charge in [-0.3, -0.25) is 0 Å². The van der Waals surface area contributed by atoms with Gasteiger partial charge in [0.1, 0.15) is 12.6 Å². The van der Waals surface area contributed by atoms with E-state index in [-0.39, 0.29) is 6.29 Å². The van der Waals surface area contributed by atoms with Crippen molar-refractivity contribution in [2.75, 3.05) is 5.73 Å². The Kier molecular flexibility index (Phi) is 5.02. The summed E-state index contributed by atoms with van der Waals surface area (Å²) in [5.74, 6) is 0.362. The standard InChI is InChI=1S/C21H20N6O2S/c22-19-18-20(24-14-23-19)27(11-10-26-8-4-5-9-26)21(25-18)30-17-13-28-16(29-17)12-15-6-2-1-3-7-15/h1-9,13-14,16H,10-12H2,(H2,22,23,24). The summed E-state index contributed by atoms with van der Waals surface area (Å²) in [6, 6.07) is 14.1. The van der Waals surface area contributed by atoms with Gasteiger partial charge in [-0.2, -0.15) is 0 Å². The second-order valence-electron chi connectivity index (χ2n) is 6.81. The molecule has 1 aliphatic rings. The van der Waals surface area contributed by atoms with Crippen LogP contribution in [0.2, 0.25) is 0 Å². The van der Waals surface area contributed by atoms with Gasteiger partial charge in [0.25, 0.3) is 0 Å². The van der Waals surface area contributed by atoms with Gasteiger partial charge < -0.3 is 24.3 Å². The monoisotopic (exact) mass is 420 g/mol. The lowest BCUT2D eigenvalue weighted by Gasteiger charge is -2.12. The summed E-state index contributed by atoms with van der Waals surface area (Å²) in [5.41, 5.74) is 8.49. The molecule has 3 aromatic heterocycles. The molecule has 2 N–H and O–H groups in total. The van der Waals surface area contributed by atoms with Crippen LogP contribution in [0, 0.1) is 0 Å². The molecule has 0 saturated heterocycles. The SMILES string of the molecule is Nc1ncnc2c1nc(SC1=COC(Cc3ccccc3)O1)n2CCn1cccc1. The molecule has 0 spiro atoms. The predicted octanol–water partition coefficient (Wildman–Crippen LogP) is 3.42. The summed E-state index contributed by atoms with van der Waals surface area (Å²) in [7, 11) is 0. The number of imidazole rings is 1. The number of thioether (sulfide) groups is 1. The smallest absolute Gasteiger partial charge is 0.245 e. The summed E-state index contributed by atoms with van der Waals surface area (Å²) < 4.78 is 15.8. The number of benzene rings is 1. The first-order valence-electron chi connectivity index (χ1n) is 9.58. The summed E-state index contributed by atoms with van der Waals surface area (Å²) in [6.45, 7) is 1.47. The number of ether oxygens (including phenoxy) is 2. The maximum atomic E-state index is 6.03. The zero-order chi connectivity index (χ0) is 20.3. The number of nitrogens with two attached hydrogens (primary N) is 1. The van der Waals surface area contributed by atoms with Crippen LogP contribution < -0.4 is 5.73 Å². The van der Waals surface area contributed by atoms with Gasteiger partial charge in [0.05, 0.1) is 0 Å². The molecule has 1 unspecified atom stereocenters. The highest BCUT2D eigenvalue weighted by Gasteiger charge is 2.24. The van der Waals surface area contributed by atoms with E-state index in [1.165, 1.54) is 18.1 Å². The molecule has 30 heavy (non-hydrogen) atoms. The van der Waals surface area contributed by atoms with E-state index in [0.717, 1.165) is 17.3 Å². The number of nitrogen functional groups attached to an aromatic ring is 1. The van der Waals surface area contributed by atoms with Gasteiger partial charge in [-0.15, -0.1) is 0 Å². The van der Waals surface area contributed by atoms with Crippen molar-refractivity contribution in [2.45, 2.75) is 31.0 Å². The van der Waals surface area contributed by atoms with E-state index >= 15 is 0 Å². The van der Waals surface area contributed by atoms with Crippen LogP contribution in [0.25, 0.3) is 11.2 Å². The van der Waals surface area contributed by atoms with Crippen LogP contribution in [0.1, 0.15) is 5.56 Å². The topological polar surface area (TPSA) is 93.0 Å². The molecule has 0 fully saturated rings. The van der Waals surface area contributed by atoms with E-state index in [0.29, 0.717) is 35.0 Å². The lowest BCUT2D eigenvalue weighted by molar-refractivity contribution is -0.0236. The van der Waals surface area contributed by atoms with Crippen molar-refractivity contribution in [1.29, 1.82) is 0 Å². The van der Waals surface area contributed by atoms with Crippen LogP contribution in [0.4, 0.5) is 5.82 Å². The van der Waals surface area contributed by atoms with Crippen LogP contribution in [-0.2, 0) is 29.0 Å². The lowest BCUT2D eigenvalue weighted by atomic mass is 10.1. The fourth-order valence-corrected chi connectivity index (χ4v) is 4.16. The van der Waals surface area contributed by atoms with Crippen LogP contribution >= 0.6 is 11.8 Å². The molecule has 1 atom stereocenters.